The van der Waals surface area contributed by atoms with E-state index in [-0.39, 0.29) is 24.0 Å². The van der Waals surface area contributed by atoms with Gasteiger partial charge in [0.25, 0.3) is 0 Å². The summed E-state index contributed by atoms with van der Waals surface area (Å²) in [6.07, 6.45) is 2.09. The van der Waals surface area contributed by atoms with Crippen molar-refractivity contribution in [1.29, 1.82) is 0 Å². The standard InChI is InChI=1S/C24H30N4O2/c1-15-12-28(13-16(2)30-15)23-21-14-27(10-9-22(21)25-17(3)26-23)24(29)20-11-19(20)18-7-5-4-6-8-18/h4-8,15-16,19-20H,9-14H2,1-3H3/t15-,16+,19-,20+/m0/s1. The molecule has 1 aliphatic carbocycles. The lowest BCUT2D eigenvalue weighted by molar-refractivity contribution is -0.133. The van der Waals surface area contributed by atoms with Gasteiger partial charge in [-0.05, 0) is 38.7 Å². The van der Waals surface area contributed by atoms with Crippen molar-refractivity contribution in [3.8, 4) is 0 Å². The van der Waals surface area contributed by atoms with Gasteiger partial charge in [-0.1, -0.05) is 30.3 Å². The lowest BCUT2D eigenvalue weighted by Gasteiger charge is -2.39. The van der Waals surface area contributed by atoms with E-state index in [9.17, 15) is 4.79 Å². The molecule has 2 aromatic rings. The number of ether oxygens (including phenoxy) is 1. The zero-order valence-corrected chi connectivity index (χ0v) is 18.0. The molecule has 5 rings (SSSR count). The van der Waals surface area contributed by atoms with Gasteiger partial charge >= 0.3 is 0 Å². The van der Waals surface area contributed by atoms with Crippen LogP contribution >= 0.6 is 0 Å². The Bertz CT molecular complexity index is 938. The third-order valence-electron chi connectivity index (χ3n) is 6.52. The van der Waals surface area contributed by atoms with E-state index >= 15 is 0 Å². The van der Waals surface area contributed by atoms with Crippen molar-refractivity contribution < 1.29 is 9.53 Å². The van der Waals surface area contributed by atoms with E-state index in [2.05, 4.69) is 43.0 Å². The van der Waals surface area contributed by atoms with Crippen LogP contribution in [0, 0.1) is 12.8 Å². The molecule has 0 radical (unpaired) electrons. The first-order chi connectivity index (χ1) is 14.5. The fraction of sp³-hybridized carbons (Fsp3) is 0.542. The summed E-state index contributed by atoms with van der Waals surface area (Å²) in [5.41, 5.74) is 3.51. The second-order valence-electron chi connectivity index (χ2n) is 9.05. The highest BCUT2D eigenvalue weighted by Crippen LogP contribution is 2.48. The van der Waals surface area contributed by atoms with Crippen molar-refractivity contribution in [2.75, 3.05) is 24.5 Å². The molecular formula is C24H30N4O2. The van der Waals surface area contributed by atoms with Gasteiger partial charge in [0.2, 0.25) is 5.91 Å². The number of rotatable bonds is 3. The number of morpholine rings is 1. The highest BCUT2D eigenvalue weighted by molar-refractivity contribution is 5.83. The van der Waals surface area contributed by atoms with Crippen LogP contribution in [0.5, 0.6) is 0 Å². The molecule has 4 atom stereocenters. The SMILES string of the molecule is Cc1nc2c(c(N3C[C@@H](C)O[C@@H](C)C3)n1)CN(C(=O)[C@@H]1C[C@H]1c1ccccc1)CC2. The lowest BCUT2D eigenvalue weighted by Crippen LogP contribution is -2.47. The zero-order valence-electron chi connectivity index (χ0n) is 18.0. The molecule has 3 aliphatic rings. The number of aromatic nitrogens is 2. The van der Waals surface area contributed by atoms with Gasteiger partial charge in [0, 0.05) is 37.5 Å². The Morgan fingerprint density at radius 2 is 1.83 bits per heavy atom. The van der Waals surface area contributed by atoms with Crippen LogP contribution in [-0.2, 0) is 22.5 Å². The molecule has 0 spiro atoms. The van der Waals surface area contributed by atoms with E-state index in [0.717, 1.165) is 55.4 Å². The van der Waals surface area contributed by atoms with Crippen molar-refractivity contribution in [3.63, 3.8) is 0 Å². The maximum absolute atomic E-state index is 13.3. The van der Waals surface area contributed by atoms with Gasteiger partial charge in [-0.3, -0.25) is 4.79 Å². The lowest BCUT2D eigenvalue weighted by atomic mass is 10.0. The normalized spacial score (nSPS) is 28.2. The summed E-state index contributed by atoms with van der Waals surface area (Å²) < 4.78 is 5.92. The number of benzene rings is 1. The van der Waals surface area contributed by atoms with Gasteiger partial charge in [0.15, 0.2) is 0 Å². The van der Waals surface area contributed by atoms with Crippen molar-refractivity contribution >= 4 is 11.7 Å². The molecule has 1 aromatic heterocycles. The predicted octanol–water partition coefficient (Wildman–Crippen LogP) is 3.09. The number of carbonyl (C=O) groups excluding carboxylic acids is 1. The molecule has 158 valence electrons. The van der Waals surface area contributed by atoms with Gasteiger partial charge in [-0.15, -0.1) is 0 Å². The molecule has 3 heterocycles. The van der Waals surface area contributed by atoms with Gasteiger partial charge in [-0.2, -0.15) is 0 Å². The number of carbonyl (C=O) groups is 1. The fourth-order valence-corrected chi connectivity index (χ4v) is 5.09. The van der Waals surface area contributed by atoms with Crippen LogP contribution in [0.2, 0.25) is 0 Å². The number of hydrogen-bond acceptors (Lipinski definition) is 5. The molecular weight excluding hydrogens is 376 g/mol. The van der Waals surface area contributed by atoms with Crippen LogP contribution in [0.15, 0.2) is 30.3 Å². The minimum Gasteiger partial charge on any atom is -0.372 e. The van der Waals surface area contributed by atoms with Crippen LogP contribution in [0.25, 0.3) is 0 Å². The summed E-state index contributed by atoms with van der Waals surface area (Å²) in [4.78, 5) is 27.2. The highest BCUT2D eigenvalue weighted by Gasteiger charge is 2.46. The second-order valence-corrected chi connectivity index (χ2v) is 9.05. The number of anilines is 1. The van der Waals surface area contributed by atoms with Crippen molar-refractivity contribution in [2.24, 2.45) is 5.92 Å². The number of fused-ring (bicyclic) bond motifs is 1. The summed E-state index contributed by atoms with van der Waals surface area (Å²) in [6, 6.07) is 10.4. The molecule has 6 nitrogen and oxygen atoms in total. The average Bonchev–Trinajstić information content (AvgIpc) is 3.53. The predicted molar refractivity (Wildman–Crippen MR) is 115 cm³/mol. The van der Waals surface area contributed by atoms with Crippen LogP contribution in [0.3, 0.4) is 0 Å². The smallest absolute Gasteiger partial charge is 0.226 e. The minimum atomic E-state index is 0.118. The zero-order chi connectivity index (χ0) is 20.8. The Balaban J connectivity index is 1.36. The third kappa shape index (κ3) is 3.69. The van der Waals surface area contributed by atoms with Gasteiger partial charge in [0.1, 0.15) is 11.6 Å². The van der Waals surface area contributed by atoms with Crippen LogP contribution in [-0.4, -0.2) is 52.6 Å². The average molecular weight is 407 g/mol. The molecule has 0 N–H and O–H groups in total. The summed E-state index contributed by atoms with van der Waals surface area (Å²) in [7, 11) is 0. The summed E-state index contributed by atoms with van der Waals surface area (Å²) in [5.74, 6) is 2.57. The van der Waals surface area contributed by atoms with E-state index in [1.165, 1.54) is 5.56 Å². The Kier molecular flexibility index (Phi) is 4.97. The molecule has 1 aromatic carbocycles. The van der Waals surface area contributed by atoms with E-state index in [1.807, 2.05) is 17.9 Å². The maximum atomic E-state index is 13.3. The molecule has 30 heavy (non-hydrogen) atoms. The Morgan fingerprint density at radius 3 is 2.57 bits per heavy atom. The van der Waals surface area contributed by atoms with Gasteiger partial charge < -0.3 is 14.5 Å². The summed E-state index contributed by atoms with van der Waals surface area (Å²) in [5, 5.41) is 0. The minimum absolute atomic E-state index is 0.118. The monoisotopic (exact) mass is 406 g/mol. The second kappa shape index (κ2) is 7.65. The van der Waals surface area contributed by atoms with E-state index < -0.39 is 0 Å². The topological polar surface area (TPSA) is 58.6 Å². The fourth-order valence-electron chi connectivity index (χ4n) is 5.09. The first-order valence-electron chi connectivity index (χ1n) is 11.1. The molecule has 1 saturated carbocycles. The van der Waals surface area contributed by atoms with Crippen LogP contribution in [0.4, 0.5) is 5.82 Å². The molecule has 0 bridgehead atoms. The van der Waals surface area contributed by atoms with Crippen LogP contribution in [0.1, 0.15) is 48.8 Å². The van der Waals surface area contributed by atoms with E-state index in [1.54, 1.807) is 0 Å². The Hall–Kier alpha value is -2.47. The van der Waals surface area contributed by atoms with Crippen LogP contribution < -0.4 is 4.90 Å². The van der Waals surface area contributed by atoms with Crippen molar-refractivity contribution in [3.05, 3.63) is 53.0 Å². The summed E-state index contributed by atoms with van der Waals surface area (Å²) >= 11 is 0. The largest absolute Gasteiger partial charge is 0.372 e. The first kappa shape index (κ1) is 19.5. The Morgan fingerprint density at radius 1 is 1.10 bits per heavy atom. The molecule has 1 amide bonds. The van der Waals surface area contributed by atoms with Gasteiger partial charge in [0.05, 0.1) is 24.4 Å². The molecule has 2 fully saturated rings. The van der Waals surface area contributed by atoms with Crippen molar-refractivity contribution in [1.82, 2.24) is 14.9 Å². The molecule has 1 saturated heterocycles. The molecule has 2 aliphatic heterocycles. The third-order valence-corrected chi connectivity index (χ3v) is 6.52. The highest BCUT2D eigenvalue weighted by atomic mass is 16.5. The van der Waals surface area contributed by atoms with Gasteiger partial charge in [-0.25, -0.2) is 9.97 Å². The number of aryl methyl sites for hydroxylation is 1. The number of hydrogen-bond donors (Lipinski definition) is 0. The van der Waals surface area contributed by atoms with E-state index in [0.29, 0.717) is 12.5 Å². The first-order valence-corrected chi connectivity index (χ1v) is 11.1. The Labute approximate surface area is 178 Å². The molecule has 0 unspecified atom stereocenters. The van der Waals surface area contributed by atoms with E-state index in [4.69, 9.17) is 14.7 Å². The number of nitrogens with zero attached hydrogens (tertiary/aromatic N) is 4. The maximum Gasteiger partial charge on any atom is 0.226 e. The number of amides is 1. The summed E-state index contributed by atoms with van der Waals surface area (Å²) in [6.45, 7) is 9.17. The molecule has 6 heteroatoms. The quantitative estimate of drug-likeness (QED) is 0.784. The van der Waals surface area contributed by atoms with Crippen molar-refractivity contribution in [2.45, 2.75) is 58.3 Å².